The van der Waals surface area contributed by atoms with E-state index in [1.54, 1.807) is 11.8 Å². The van der Waals surface area contributed by atoms with Gasteiger partial charge in [-0.15, -0.1) is 11.8 Å². The molecular weight excluding hydrogens is 284 g/mol. The van der Waals surface area contributed by atoms with E-state index >= 15 is 0 Å². The number of hydrogen-bond donors (Lipinski definition) is 1. The largest absolute Gasteiger partial charge is 0.391 e. The van der Waals surface area contributed by atoms with Gasteiger partial charge in [0.1, 0.15) is 0 Å². The quantitative estimate of drug-likeness (QED) is 0.864. The smallest absolute Gasteiger partial charge is 0.232 e. The highest BCUT2D eigenvalue weighted by molar-refractivity contribution is 7.99. The molecule has 4 nitrogen and oxygen atoms in total. The van der Waals surface area contributed by atoms with E-state index in [0.717, 1.165) is 12.3 Å². The van der Waals surface area contributed by atoms with Crippen LogP contribution in [0.2, 0.25) is 0 Å². The number of likely N-dealkylation sites (N-methyl/N-ethyl adjacent to an activating group) is 1. The van der Waals surface area contributed by atoms with Gasteiger partial charge in [-0.3, -0.25) is 4.79 Å². The lowest BCUT2D eigenvalue weighted by atomic mass is 10.2. The predicted octanol–water partition coefficient (Wildman–Crippen LogP) is 1.44. The van der Waals surface area contributed by atoms with Crippen molar-refractivity contribution < 1.29 is 9.90 Å². The molecule has 0 aromatic heterocycles. The number of β-amino-alcohol motifs (C(OH)–C–C–N with tert-alkyl or cyclic N) is 1. The summed E-state index contributed by atoms with van der Waals surface area (Å²) in [4.78, 5) is 16.3. The van der Waals surface area contributed by atoms with E-state index in [1.807, 2.05) is 37.2 Å². The normalized spacial score (nSPS) is 22.0. The Morgan fingerprint density at radius 1 is 1.38 bits per heavy atom. The van der Waals surface area contributed by atoms with Gasteiger partial charge in [-0.2, -0.15) is 0 Å². The highest BCUT2D eigenvalue weighted by Gasteiger charge is 2.34. The van der Waals surface area contributed by atoms with E-state index in [1.165, 1.54) is 5.56 Å². The monoisotopic (exact) mass is 308 g/mol. The van der Waals surface area contributed by atoms with Crippen molar-refractivity contribution in [3.63, 3.8) is 0 Å². The van der Waals surface area contributed by atoms with Crippen molar-refractivity contribution in [2.24, 2.45) is 0 Å². The highest BCUT2D eigenvalue weighted by Crippen LogP contribution is 2.21. The molecule has 2 rings (SSSR count). The Bertz CT molecular complexity index is 453. The van der Waals surface area contributed by atoms with E-state index in [2.05, 4.69) is 17.0 Å². The number of hydrogen-bond acceptors (Lipinski definition) is 4. The fourth-order valence-electron chi connectivity index (χ4n) is 2.71. The molecule has 5 heteroatoms. The predicted molar refractivity (Wildman–Crippen MR) is 87.3 cm³/mol. The Labute approximate surface area is 131 Å². The minimum Gasteiger partial charge on any atom is -0.391 e. The number of aliphatic hydroxyl groups excluding tert-OH is 1. The molecule has 21 heavy (non-hydrogen) atoms. The number of nitrogens with zero attached hydrogens (tertiary/aromatic N) is 2. The third kappa shape index (κ3) is 5.02. The van der Waals surface area contributed by atoms with Crippen LogP contribution in [0.5, 0.6) is 0 Å². The maximum absolute atomic E-state index is 12.3. The Hall–Kier alpha value is -1.04. The summed E-state index contributed by atoms with van der Waals surface area (Å²) in [5.74, 6) is 1.46. The molecule has 1 fully saturated rings. The van der Waals surface area contributed by atoms with Gasteiger partial charge in [-0.05, 0) is 26.1 Å². The van der Waals surface area contributed by atoms with Gasteiger partial charge in [0.25, 0.3) is 0 Å². The summed E-state index contributed by atoms with van der Waals surface area (Å²) in [5, 5.41) is 9.82. The number of rotatable bonds is 6. The van der Waals surface area contributed by atoms with Gasteiger partial charge in [-0.25, -0.2) is 0 Å². The molecule has 1 N–H and O–H groups in total. The van der Waals surface area contributed by atoms with Crippen molar-refractivity contribution in [1.29, 1.82) is 0 Å². The van der Waals surface area contributed by atoms with E-state index in [-0.39, 0.29) is 18.1 Å². The molecule has 0 spiro atoms. The summed E-state index contributed by atoms with van der Waals surface area (Å²) >= 11 is 1.64. The summed E-state index contributed by atoms with van der Waals surface area (Å²) < 4.78 is 0. The maximum Gasteiger partial charge on any atom is 0.232 e. The van der Waals surface area contributed by atoms with Gasteiger partial charge >= 0.3 is 0 Å². The van der Waals surface area contributed by atoms with Crippen molar-refractivity contribution in [1.82, 2.24) is 9.80 Å². The van der Waals surface area contributed by atoms with Crippen LogP contribution in [0.25, 0.3) is 0 Å². The molecular formula is C16H24N2O2S. The second kappa shape index (κ2) is 7.82. The molecule has 116 valence electrons. The van der Waals surface area contributed by atoms with Gasteiger partial charge < -0.3 is 14.9 Å². The Balaban J connectivity index is 1.81. The summed E-state index contributed by atoms with van der Waals surface area (Å²) in [6, 6.07) is 10.3. The standard InChI is InChI=1S/C16H24N2O2S/c1-17(2)9-14-8-15(19)10-18(14)16(20)12-21-11-13-6-4-3-5-7-13/h3-7,14-15,19H,8-12H2,1-2H3. The number of amides is 1. The van der Waals surface area contributed by atoms with Crippen LogP contribution < -0.4 is 0 Å². The minimum absolute atomic E-state index is 0.138. The van der Waals surface area contributed by atoms with Crippen molar-refractivity contribution in [3.05, 3.63) is 35.9 Å². The third-order valence-electron chi connectivity index (χ3n) is 3.63. The summed E-state index contributed by atoms with van der Waals surface area (Å²) in [6.07, 6.45) is 0.311. The number of aliphatic hydroxyl groups is 1. The van der Waals surface area contributed by atoms with Crippen LogP contribution in [0.4, 0.5) is 0 Å². The Kier molecular flexibility index (Phi) is 6.08. The second-order valence-corrected chi connectivity index (χ2v) is 6.82. The van der Waals surface area contributed by atoms with Crippen LogP contribution in [0, 0.1) is 0 Å². The first kappa shape index (κ1) is 16.3. The molecule has 1 amide bonds. The van der Waals surface area contributed by atoms with Gasteiger partial charge in [-0.1, -0.05) is 30.3 Å². The van der Waals surface area contributed by atoms with E-state index in [0.29, 0.717) is 18.7 Å². The average Bonchev–Trinajstić information content (AvgIpc) is 2.80. The molecule has 0 aliphatic carbocycles. The zero-order valence-electron chi connectivity index (χ0n) is 12.7. The van der Waals surface area contributed by atoms with Crippen molar-refractivity contribution >= 4 is 17.7 Å². The molecule has 0 radical (unpaired) electrons. The summed E-state index contributed by atoms with van der Waals surface area (Å²) in [6.45, 7) is 1.29. The van der Waals surface area contributed by atoms with Crippen LogP contribution in [-0.4, -0.2) is 65.9 Å². The number of carbonyl (C=O) groups is 1. The fourth-order valence-corrected chi connectivity index (χ4v) is 3.58. The first-order valence-electron chi connectivity index (χ1n) is 7.30. The zero-order chi connectivity index (χ0) is 15.2. The highest BCUT2D eigenvalue weighted by atomic mass is 32.2. The molecule has 1 aliphatic rings. The first-order chi connectivity index (χ1) is 10.1. The molecule has 1 aromatic rings. The van der Waals surface area contributed by atoms with Crippen LogP contribution in [0.15, 0.2) is 30.3 Å². The van der Waals surface area contributed by atoms with Crippen molar-refractivity contribution in [2.75, 3.05) is 32.9 Å². The maximum atomic E-state index is 12.3. The molecule has 1 heterocycles. The van der Waals surface area contributed by atoms with Gasteiger partial charge in [0.15, 0.2) is 0 Å². The lowest BCUT2D eigenvalue weighted by Crippen LogP contribution is -2.42. The number of carbonyl (C=O) groups excluding carboxylic acids is 1. The number of benzene rings is 1. The van der Waals surface area contributed by atoms with Gasteiger partial charge in [0, 0.05) is 24.9 Å². The third-order valence-corrected chi connectivity index (χ3v) is 4.61. The topological polar surface area (TPSA) is 43.8 Å². The van der Waals surface area contributed by atoms with E-state index < -0.39 is 0 Å². The average molecular weight is 308 g/mol. The molecule has 0 saturated carbocycles. The first-order valence-corrected chi connectivity index (χ1v) is 8.45. The summed E-state index contributed by atoms with van der Waals surface area (Å²) in [7, 11) is 4.00. The SMILES string of the molecule is CN(C)CC1CC(O)CN1C(=O)CSCc1ccccc1. The molecule has 1 aromatic carbocycles. The Morgan fingerprint density at radius 3 is 2.76 bits per heavy atom. The van der Waals surface area contributed by atoms with Crippen molar-refractivity contribution in [2.45, 2.75) is 24.3 Å². The van der Waals surface area contributed by atoms with Crippen LogP contribution in [-0.2, 0) is 10.5 Å². The lowest BCUT2D eigenvalue weighted by molar-refractivity contribution is -0.129. The lowest BCUT2D eigenvalue weighted by Gasteiger charge is -2.26. The van der Waals surface area contributed by atoms with E-state index in [9.17, 15) is 9.90 Å². The molecule has 1 aliphatic heterocycles. The number of likely N-dealkylation sites (tertiary alicyclic amines) is 1. The van der Waals surface area contributed by atoms with Gasteiger partial charge in [0.2, 0.25) is 5.91 Å². The van der Waals surface area contributed by atoms with Crippen LogP contribution >= 0.6 is 11.8 Å². The molecule has 2 unspecified atom stereocenters. The van der Waals surface area contributed by atoms with Crippen LogP contribution in [0.3, 0.4) is 0 Å². The zero-order valence-corrected chi connectivity index (χ0v) is 13.6. The molecule has 0 bridgehead atoms. The minimum atomic E-state index is -0.377. The fraction of sp³-hybridized carbons (Fsp3) is 0.562. The molecule has 2 atom stereocenters. The van der Waals surface area contributed by atoms with E-state index in [4.69, 9.17) is 0 Å². The van der Waals surface area contributed by atoms with Crippen molar-refractivity contribution in [3.8, 4) is 0 Å². The van der Waals surface area contributed by atoms with Gasteiger partial charge in [0.05, 0.1) is 11.9 Å². The number of thioether (sulfide) groups is 1. The Morgan fingerprint density at radius 2 is 2.10 bits per heavy atom. The summed E-state index contributed by atoms with van der Waals surface area (Å²) in [5.41, 5.74) is 1.24. The second-order valence-electron chi connectivity index (χ2n) is 5.83. The molecule has 1 saturated heterocycles. The van der Waals surface area contributed by atoms with Crippen LogP contribution in [0.1, 0.15) is 12.0 Å².